The van der Waals surface area contributed by atoms with E-state index >= 15 is 0 Å². The Bertz CT molecular complexity index is 134. The Morgan fingerprint density at radius 1 is 1.46 bits per heavy atom. The van der Waals surface area contributed by atoms with Crippen molar-refractivity contribution in [1.29, 1.82) is 0 Å². The van der Waals surface area contributed by atoms with Crippen molar-refractivity contribution in [2.24, 2.45) is 5.92 Å². The second-order valence-corrected chi connectivity index (χ2v) is 3.74. The van der Waals surface area contributed by atoms with E-state index in [-0.39, 0.29) is 0 Å². The van der Waals surface area contributed by atoms with Gasteiger partial charge in [-0.15, -0.1) is 0 Å². The average molecular weight is 202 g/mol. The van der Waals surface area contributed by atoms with Crippen LogP contribution in [-0.2, 0) is 4.74 Å². The highest BCUT2D eigenvalue weighted by Gasteiger charge is 2.06. The van der Waals surface area contributed by atoms with Gasteiger partial charge < -0.3 is 4.74 Å². The van der Waals surface area contributed by atoms with Gasteiger partial charge in [-0.2, -0.15) is 12.6 Å². The predicted molar refractivity (Wildman–Crippen MR) is 62.3 cm³/mol. The van der Waals surface area contributed by atoms with E-state index in [9.17, 15) is 0 Å². The molecule has 0 saturated carbocycles. The number of hydrogen-bond donors (Lipinski definition) is 1. The van der Waals surface area contributed by atoms with Gasteiger partial charge in [-0.1, -0.05) is 39.7 Å². The summed E-state index contributed by atoms with van der Waals surface area (Å²) >= 11 is 4.09. The minimum atomic E-state index is 0.629. The second-order valence-electron chi connectivity index (χ2n) is 3.42. The van der Waals surface area contributed by atoms with Crippen molar-refractivity contribution in [1.82, 2.24) is 0 Å². The van der Waals surface area contributed by atoms with Crippen molar-refractivity contribution in [3.63, 3.8) is 0 Å². The van der Waals surface area contributed by atoms with E-state index in [0.717, 1.165) is 12.4 Å². The van der Waals surface area contributed by atoms with Crippen LogP contribution in [0.2, 0.25) is 0 Å². The van der Waals surface area contributed by atoms with Crippen LogP contribution in [0.25, 0.3) is 0 Å². The van der Waals surface area contributed by atoms with Gasteiger partial charge in [0, 0.05) is 5.75 Å². The van der Waals surface area contributed by atoms with Crippen LogP contribution >= 0.6 is 12.6 Å². The third kappa shape index (κ3) is 7.00. The first-order valence-corrected chi connectivity index (χ1v) is 5.79. The lowest BCUT2D eigenvalue weighted by Gasteiger charge is -2.15. The van der Waals surface area contributed by atoms with Gasteiger partial charge >= 0.3 is 0 Å². The Morgan fingerprint density at radius 2 is 2.15 bits per heavy atom. The molecule has 13 heavy (non-hydrogen) atoms. The lowest BCUT2D eigenvalue weighted by atomic mass is 10.0. The SMILES string of the molecule is C=C(CS)OCC(CC)CCCC. The molecule has 78 valence electrons. The predicted octanol–water partition coefficient (Wildman–Crippen LogP) is 3.66. The zero-order valence-electron chi connectivity index (χ0n) is 8.88. The summed E-state index contributed by atoms with van der Waals surface area (Å²) in [6.07, 6.45) is 5.03. The van der Waals surface area contributed by atoms with E-state index in [0.29, 0.717) is 11.7 Å². The maximum atomic E-state index is 5.47. The molecule has 0 radical (unpaired) electrons. The van der Waals surface area contributed by atoms with Crippen LogP contribution in [0, 0.1) is 5.92 Å². The molecule has 0 aromatic rings. The quantitative estimate of drug-likeness (QED) is 0.467. The van der Waals surface area contributed by atoms with Crippen molar-refractivity contribution in [3.05, 3.63) is 12.3 Å². The fraction of sp³-hybridized carbons (Fsp3) is 0.818. The molecule has 0 aromatic heterocycles. The largest absolute Gasteiger partial charge is 0.497 e. The molecule has 0 spiro atoms. The van der Waals surface area contributed by atoms with Crippen molar-refractivity contribution < 1.29 is 4.74 Å². The summed E-state index contributed by atoms with van der Waals surface area (Å²) in [7, 11) is 0. The Balaban J connectivity index is 3.52. The molecule has 0 aromatic carbocycles. The molecule has 2 heteroatoms. The van der Waals surface area contributed by atoms with Gasteiger partial charge in [-0.25, -0.2) is 0 Å². The average Bonchev–Trinajstić information content (AvgIpc) is 2.17. The summed E-state index contributed by atoms with van der Waals surface area (Å²) in [4.78, 5) is 0. The van der Waals surface area contributed by atoms with Gasteiger partial charge in [0.25, 0.3) is 0 Å². The van der Waals surface area contributed by atoms with E-state index < -0.39 is 0 Å². The van der Waals surface area contributed by atoms with Crippen molar-refractivity contribution in [3.8, 4) is 0 Å². The summed E-state index contributed by atoms with van der Waals surface area (Å²) < 4.78 is 5.47. The lowest BCUT2D eigenvalue weighted by Crippen LogP contribution is -2.08. The lowest BCUT2D eigenvalue weighted by molar-refractivity contribution is 0.160. The van der Waals surface area contributed by atoms with Crippen LogP contribution in [0.5, 0.6) is 0 Å². The molecule has 1 atom stereocenters. The highest BCUT2D eigenvalue weighted by Crippen LogP contribution is 2.14. The summed E-state index contributed by atoms with van der Waals surface area (Å²) in [6, 6.07) is 0. The molecule has 0 fully saturated rings. The Kier molecular flexibility index (Phi) is 8.41. The van der Waals surface area contributed by atoms with Gasteiger partial charge in [0.1, 0.15) is 0 Å². The number of hydrogen-bond acceptors (Lipinski definition) is 2. The molecule has 0 aliphatic rings. The maximum absolute atomic E-state index is 5.47. The smallest absolute Gasteiger partial charge is 0.0984 e. The summed E-state index contributed by atoms with van der Waals surface area (Å²) in [5.41, 5.74) is 0. The minimum Gasteiger partial charge on any atom is -0.497 e. The van der Waals surface area contributed by atoms with Gasteiger partial charge in [0.15, 0.2) is 0 Å². The van der Waals surface area contributed by atoms with E-state index in [2.05, 4.69) is 33.1 Å². The molecule has 1 nitrogen and oxygen atoms in total. The molecular formula is C11H22OS. The summed E-state index contributed by atoms with van der Waals surface area (Å²) in [5.74, 6) is 2.11. The third-order valence-corrected chi connectivity index (χ3v) is 2.60. The Hall–Kier alpha value is -0.110. The van der Waals surface area contributed by atoms with Crippen LogP contribution in [0.3, 0.4) is 0 Å². The fourth-order valence-corrected chi connectivity index (χ4v) is 1.27. The van der Waals surface area contributed by atoms with E-state index in [4.69, 9.17) is 4.74 Å². The number of ether oxygens (including phenoxy) is 1. The van der Waals surface area contributed by atoms with Crippen molar-refractivity contribution in [2.45, 2.75) is 39.5 Å². The van der Waals surface area contributed by atoms with Crippen molar-refractivity contribution >= 4 is 12.6 Å². The van der Waals surface area contributed by atoms with Gasteiger partial charge in [-0.3, -0.25) is 0 Å². The topological polar surface area (TPSA) is 9.23 Å². The number of thiol groups is 1. The fourth-order valence-electron chi connectivity index (χ4n) is 1.18. The molecule has 0 aliphatic carbocycles. The van der Waals surface area contributed by atoms with Crippen LogP contribution in [0.15, 0.2) is 12.3 Å². The first-order chi connectivity index (χ1) is 6.24. The van der Waals surface area contributed by atoms with E-state index in [1.165, 1.54) is 25.7 Å². The maximum Gasteiger partial charge on any atom is 0.0984 e. The number of rotatable bonds is 8. The molecule has 0 rings (SSSR count). The second kappa shape index (κ2) is 8.49. The standard InChI is InChI=1S/C11H22OS/c1-4-6-7-11(5-2)8-12-10(3)9-13/h11,13H,3-9H2,1-2H3. The summed E-state index contributed by atoms with van der Waals surface area (Å²) in [5, 5.41) is 0. The van der Waals surface area contributed by atoms with E-state index in [1.54, 1.807) is 0 Å². The zero-order valence-corrected chi connectivity index (χ0v) is 9.78. The van der Waals surface area contributed by atoms with Crippen LogP contribution < -0.4 is 0 Å². The molecule has 0 heterocycles. The zero-order chi connectivity index (χ0) is 10.1. The normalized spacial score (nSPS) is 12.5. The molecule has 0 N–H and O–H groups in total. The van der Waals surface area contributed by atoms with Gasteiger partial charge in [-0.05, 0) is 12.3 Å². The van der Waals surface area contributed by atoms with Crippen LogP contribution in [0.4, 0.5) is 0 Å². The highest BCUT2D eigenvalue weighted by molar-refractivity contribution is 7.80. The van der Waals surface area contributed by atoms with Gasteiger partial charge in [0.05, 0.1) is 12.4 Å². The molecule has 0 amide bonds. The minimum absolute atomic E-state index is 0.629. The Morgan fingerprint density at radius 3 is 2.62 bits per heavy atom. The first kappa shape index (κ1) is 12.9. The number of unbranched alkanes of at least 4 members (excludes halogenated alkanes) is 1. The molecule has 1 unspecified atom stereocenters. The van der Waals surface area contributed by atoms with Gasteiger partial charge in [0.2, 0.25) is 0 Å². The molecule has 0 bridgehead atoms. The Labute approximate surface area is 88.0 Å². The van der Waals surface area contributed by atoms with Crippen LogP contribution in [0.1, 0.15) is 39.5 Å². The summed E-state index contributed by atoms with van der Waals surface area (Å²) in [6.45, 7) is 9.01. The first-order valence-electron chi connectivity index (χ1n) is 5.16. The van der Waals surface area contributed by atoms with E-state index in [1.807, 2.05) is 0 Å². The highest BCUT2D eigenvalue weighted by atomic mass is 32.1. The monoisotopic (exact) mass is 202 g/mol. The molecule has 0 saturated heterocycles. The van der Waals surface area contributed by atoms with Crippen molar-refractivity contribution in [2.75, 3.05) is 12.4 Å². The molecular weight excluding hydrogens is 180 g/mol. The molecule has 0 aliphatic heterocycles. The third-order valence-electron chi connectivity index (χ3n) is 2.24. The van der Waals surface area contributed by atoms with Crippen LogP contribution in [-0.4, -0.2) is 12.4 Å².